The van der Waals surface area contributed by atoms with Crippen molar-refractivity contribution < 1.29 is 0 Å². The Bertz CT molecular complexity index is 702. The molecule has 0 spiro atoms. The van der Waals surface area contributed by atoms with Crippen LogP contribution in [0.2, 0.25) is 0 Å². The molecule has 110 valence electrons. The number of hydrogen-bond acceptors (Lipinski definition) is 2. The van der Waals surface area contributed by atoms with E-state index >= 15 is 0 Å². The van der Waals surface area contributed by atoms with Crippen LogP contribution in [0.15, 0.2) is 29.1 Å². The van der Waals surface area contributed by atoms with Crippen LogP contribution in [-0.2, 0) is 6.42 Å². The highest BCUT2D eigenvalue weighted by Gasteiger charge is 2.23. The van der Waals surface area contributed by atoms with Crippen LogP contribution in [0.5, 0.6) is 0 Å². The lowest BCUT2D eigenvalue weighted by molar-refractivity contribution is 0.676. The number of hydrogen-bond donors (Lipinski definition) is 1. The van der Waals surface area contributed by atoms with E-state index in [-0.39, 0.29) is 5.56 Å². The van der Waals surface area contributed by atoms with Crippen molar-refractivity contribution in [1.82, 2.24) is 9.97 Å². The Labute approximate surface area is 138 Å². The fourth-order valence-electron chi connectivity index (χ4n) is 3.07. The average Bonchev–Trinajstić information content (AvgIpc) is 2.99. The van der Waals surface area contributed by atoms with Crippen molar-refractivity contribution in [3.8, 4) is 0 Å². The minimum atomic E-state index is 0.0103. The monoisotopic (exact) mass is 394 g/mol. The predicted octanol–water partition coefficient (Wildman–Crippen LogP) is 3.93. The van der Waals surface area contributed by atoms with Gasteiger partial charge in [-0.2, -0.15) is 0 Å². The molecule has 4 heteroatoms. The van der Waals surface area contributed by atoms with Crippen LogP contribution < -0.4 is 5.56 Å². The van der Waals surface area contributed by atoms with Crippen molar-refractivity contribution in [2.75, 3.05) is 0 Å². The molecular formula is C17H19IN2O. The number of halogens is 1. The largest absolute Gasteiger partial charge is 0.309 e. The van der Waals surface area contributed by atoms with Gasteiger partial charge in [0.2, 0.25) is 0 Å². The van der Waals surface area contributed by atoms with Gasteiger partial charge in [0.25, 0.3) is 5.56 Å². The summed E-state index contributed by atoms with van der Waals surface area (Å²) in [6.45, 7) is 2.10. The SMILES string of the molecule is Cc1ccccc1Cc1nc(C2CCCC2)c(I)c(=O)[nH]1. The van der Waals surface area contributed by atoms with Crippen molar-refractivity contribution >= 4 is 22.6 Å². The lowest BCUT2D eigenvalue weighted by Crippen LogP contribution is -2.20. The highest BCUT2D eigenvalue weighted by Crippen LogP contribution is 2.34. The van der Waals surface area contributed by atoms with Gasteiger partial charge in [0.15, 0.2) is 0 Å². The first-order chi connectivity index (χ1) is 10.1. The molecule has 0 saturated heterocycles. The normalized spacial score (nSPS) is 15.5. The van der Waals surface area contributed by atoms with Gasteiger partial charge in [-0.25, -0.2) is 4.98 Å². The zero-order valence-corrected chi connectivity index (χ0v) is 14.3. The van der Waals surface area contributed by atoms with Gasteiger partial charge in [-0.15, -0.1) is 0 Å². The van der Waals surface area contributed by atoms with E-state index in [9.17, 15) is 4.79 Å². The molecule has 21 heavy (non-hydrogen) atoms. The van der Waals surface area contributed by atoms with Gasteiger partial charge in [-0.05, 0) is 53.5 Å². The van der Waals surface area contributed by atoms with E-state index in [1.807, 2.05) is 12.1 Å². The maximum absolute atomic E-state index is 12.2. The summed E-state index contributed by atoms with van der Waals surface area (Å²) in [4.78, 5) is 19.9. The third-order valence-electron chi connectivity index (χ3n) is 4.30. The summed E-state index contributed by atoms with van der Waals surface area (Å²) in [5.74, 6) is 1.26. The Balaban J connectivity index is 1.96. The quantitative estimate of drug-likeness (QED) is 0.802. The summed E-state index contributed by atoms with van der Waals surface area (Å²) in [5.41, 5.74) is 3.48. The van der Waals surface area contributed by atoms with Gasteiger partial charge < -0.3 is 4.98 Å². The molecule has 0 unspecified atom stereocenters. The second kappa shape index (κ2) is 6.30. The van der Waals surface area contributed by atoms with Crippen molar-refractivity contribution in [1.29, 1.82) is 0 Å². The van der Waals surface area contributed by atoms with Gasteiger partial charge in [0.1, 0.15) is 5.82 Å². The number of aryl methyl sites for hydroxylation is 1. The van der Waals surface area contributed by atoms with Crippen molar-refractivity contribution in [3.63, 3.8) is 0 Å². The van der Waals surface area contributed by atoms with Crippen molar-refractivity contribution in [2.24, 2.45) is 0 Å². The number of aromatic amines is 1. The summed E-state index contributed by atoms with van der Waals surface area (Å²) in [6.07, 6.45) is 5.52. The molecule has 0 radical (unpaired) electrons. The summed E-state index contributed by atoms with van der Waals surface area (Å²) < 4.78 is 0.771. The Morgan fingerprint density at radius 3 is 2.71 bits per heavy atom. The van der Waals surface area contributed by atoms with E-state index in [1.165, 1.54) is 24.0 Å². The minimum Gasteiger partial charge on any atom is -0.309 e. The van der Waals surface area contributed by atoms with E-state index in [2.05, 4.69) is 46.6 Å². The molecular weight excluding hydrogens is 375 g/mol. The summed E-state index contributed by atoms with van der Waals surface area (Å²) >= 11 is 2.14. The van der Waals surface area contributed by atoms with Crippen molar-refractivity contribution in [3.05, 3.63) is 60.8 Å². The fourth-order valence-corrected chi connectivity index (χ4v) is 3.76. The third kappa shape index (κ3) is 3.20. The molecule has 1 saturated carbocycles. The third-order valence-corrected chi connectivity index (χ3v) is 5.34. The number of aromatic nitrogens is 2. The smallest absolute Gasteiger partial charge is 0.264 e. The summed E-state index contributed by atoms with van der Waals surface area (Å²) in [6, 6.07) is 8.26. The molecule has 0 amide bonds. The minimum absolute atomic E-state index is 0.0103. The van der Waals surface area contributed by atoms with Crippen LogP contribution in [0.25, 0.3) is 0 Å². The zero-order chi connectivity index (χ0) is 14.8. The predicted molar refractivity (Wildman–Crippen MR) is 92.8 cm³/mol. The molecule has 0 aliphatic heterocycles. The van der Waals surface area contributed by atoms with E-state index < -0.39 is 0 Å². The van der Waals surface area contributed by atoms with E-state index in [0.717, 1.165) is 27.9 Å². The van der Waals surface area contributed by atoms with Gasteiger partial charge in [0.05, 0.1) is 9.26 Å². The highest BCUT2D eigenvalue weighted by atomic mass is 127. The van der Waals surface area contributed by atoms with Crippen LogP contribution in [-0.4, -0.2) is 9.97 Å². The van der Waals surface area contributed by atoms with Crippen molar-refractivity contribution in [2.45, 2.75) is 44.9 Å². The summed E-state index contributed by atoms with van der Waals surface area (Å²) in [7, 11) is 0. The number of benzene rings is 1. The van der Waals surface area contributed by atoms with Crippen LogP contribution in [0, 0.1) is 10.5 Å². The molecule has 1 aliphatic rings. The lowest BCUT2D eigenvalue weighted by Gasteiger charge is -2.12. The molecule has 3 rings (SSSR count). The van der Waals surface area contributed by atoms with Gasteiger partial charge >= 0.3 is 0 Å². The molecule has 0 atom stereocenters. The van der Waals surface area contributed by atoms with Gasteiger partial charge in [0, 0.05) is 12.3 Å². The Morgan fingerprint density at radius 1 is 1.29 bits per heavy atom. The maximum atomic E-state index is 12.2. The molecule has 3 nitrogen and oxygen atoms in total. The second-order valence-corrected chi connectivity index (χ2v) is 6.88. The fraction of sp³-hybridized carbons (Fsp3) is 0.412. The van der Waals surface area contributed by atoms with Gasteiger partial charge in [-0.3, -0.25) is 4.79 Å². The molecule has 1 heterocycles. The second-order valence-electron chi connectivity index (χ2n) is 5.80. The van der Waals surface area contributed by atoms with Crippen LogP contribution in [0.1, 0.15) is 54.2 Å². The lowest BCUT2D eigenvalue weighted by atomic mass is 10.0. The highest BCUT2D eigenvalue weighted by molar-refractivity contribution is 14.1. The molecule has 1 aromatic carbocycles. The van der Waals surface area contributed by atoms with Gasteiger partial charge in [-0.1, -0.05) is 37.1 Å². The molecule has 1 aliphatic carbocycles. The molecule has 1 N–H and O–H groups in total. The first-order valence-electron chi connectivity index (χ1n) is 7.48. The number of H-pyrrole nitrogens is 1. The Hall–Kier alpha value is -1.17. The first kappa shape index (κ1) is 14.8. The molecule has 2 aromatic rings. The standard InChI is InChI=1S/C17H19IN2O/c1-11-6-2-3-9-13(11)10-14-19-16(12-7-4-5-8-12)15(18)17(21)20-14/h2-3,6,9,12H,4-5,7-8,10H2,1H3,(H,19,20,21). The van der Waals surface area contributed by atoms with Crippen LogP contribution in [0.4, 0.5) is 0 Å². The van der Waals surface area contributed by atoms with E-state index in [1.54, 1.807) is 0 Å². The van der Waals surface area contributed by atoms with Crippen LogP contribution in [0.3, 0.4) is 0 Å². The average molecular weight is 394 g/mol. The number of nitrogens with zero attached hydrogens (tertiary/aromatic N) is 1. The summed E-state index contributed by atoms with van der Waals surface area (Å²) in [5, 5.41) is 0. The first-order valence-corrected chi connectivity index (χ1v) is 8.56. The molecule has 0 bridgehead atoms. The Kier molecular flexibility index (Phi) is 4.42. The van der Waals surface area contributed by atoms with Crippen LogP contribution >= 0.6 is 22.6 Å². The number of nitrogens with one attached hydrogen (secondary N) is 1. The maximum Gasteiger partial charge on any atom is 0.264 e. The topological polar surface area (TPSA) is 45.8 Å². The zero-order valence-electron chi connectivity index (χ0n) is 12.2. The molecule has 1 aromatic heterocycles. The van der Waals surface area contributed by atoms with E-state index in [4.69, 9.17) is 4.98 Å². The number of rotatable bonds is 3. The Morgan fingerprint density at radius 2 is 2.00 bits per heavy atom. The molecule has 1 fully saturated rings. The van der Waals surface area contributed by atoms with E-state index in [0.29, 0.717) is 12.3 Å².